The van der Waals surface area contributed by atoms with Crippen molar-refractivity contribution >= 4 is 11.9 Å². The monoisotopic (exact) mass is 276 g/mol. The quantitative estimate of drug-likeness (QED) is 0.614. The van der Waals surface area contributed by atoms with Crippen molar-refractivity contribution in [1.82, 2.24) is 0 Å². The molecular weight excluding hydrogens is 269 g/mol. The van der Waals surface area contributed by atoms with Crippen molar-refractivity contribution < 1.29 is 49.5 Å². The van der Waals surface area contributed by atoms with Gasteiger partial charge in [0.25, 0.3) is 0 Å². The van der Waals surface area contributed by atoms with Crippen LogP contribution < -0.4 is 10.2 Å². The van der Waals surface area contributed by atoms with Gasteiger partial charge in [-0.15, -0.1) is 0 Å². The summed E-state index contributed by atoms with van der Waals surface area (Å²) in [5.74, 6) is -3.06. The maximum absolute atomic E-state index is 10.7. The zero-order valence-electron chi connectivity index (χ0n) is 8.25. The number of para-hydroxylation sites is 1. The van der Waals surface area contributed by atoms with Gasteiger partial charge in [0, 0.05) is 0 Å². The van der Waals surface area contributed by atoms with Crippen LogP contribution in [0.1, 0.15) is 10.4 Å². The Morgan fingerprint density at radius 1 is 1.25 bits per heavy atom. The van der Waals surface area contributed by atoms with Gasteiger partial charge in [0.1, 0.15) is 0 Å². The van der Waals surface area contributed by atoms with Crippen LogP contribution in [-0.2, 0) is 24.3 Å². The van der Waals surface area contributed by atoms with E-state index >= 15 is 0 Å². The molecule has 1 rings (SSSR count). The topological polar surface area (TPSA) is 121 Å². The van der Waals surface area contributed by atoms with E-state index in [9.17, 15) is 9.90 Å². The normalized spacial score (nSPS) is 8.06. The van der Waals surface area contributed by atoms with E-state index in [1.807, 2.05) is 0 Å². The van der Waals surface area contributed by atoms with Gasteiger partial charge in [-0.25, -0.2) is 4.79 Å². The van der Waals surface area contributed by atoms with Crippen LogP contribution in [0.3, 0.4) is 0 Å². The summed E-state index contributed by atoms with van der Waals surface area (Å²) < 4.78 is 0. The zero-order chi connectivity index (χ0) is 11.8. The molecule has 6 nitrogen and oxygen atoms in total. The minimum absolute atomic E-state index is 0. The Bertz CT molecular complexity index is 352. The number of hydrogen-bond acceptors (Lipinski definition) is 5. The van der Waals surface area contributed by atoms with Gasteiger partial charge in [0.15, 0.2) is 0 Å². The first-order valence-corrected chi connectivity index (χ1v) is 3.79. The van der Waals surface area contributed by atoms with Crippen LogP contribution in [0.2, 0.25) is 0 Å². The molecule has 0 aliphatic heterocycles. The molecule has 0 radical (unpaired) electrons. The summed E-state index contributed by atoms with van der Waals surface area (Å²) in [6.45, 7) is -0.889. The van der Waals surface area contributed by atoms with Crippen LogP contribution in [-0.4, -0.2) is 28.8 Å². The Balaban J connectivity index is 0. The molecule has 1 aromatic carbocycles. The largest absolute Gasteiger partial charge is 2.00 e. The molecule has 82 valence electrons. The summed E-state index contributed by atoms with van der Waals surface area (Å²) in [6.07, 6.45) is 0. The van der Waals surface area contributed by atoms with E-state index in [2.05, 4.69) is 0 Å². The molecule has 0 spiro atoms. The van der Waals surface area contributed by atoms with Crippen molar-refractivity contribution in [2.24, 2.45) is 0 Å². The molecule has 0 saturated carbocycles. The molecule has 0 saturated heterocycles. The number of carboxylic acid groups (broad SMARTS) is 2. The summed E-state index contributed by atoms with van der Waals surface area (Å²) in [6, 6.07) is 5.54. The molecule has 16 heavy (non-hydrogen) atoms. The fourth-order valence-corrected chi connectivity index (χ4v) is 0.643. The molecule has 2 N–H and O–H groups in total. The van der Waals surface area contributed by atoms with Crippen molar-refractivity contribution in [2.75, 3.05) is 6.61 Å². The maximum Gasteiger partial charge on any atom is 2.00 e. The number of aliphatic hydroxyl groups excluding tert-OH is 1. The maximum atomic E-state index is 10.7. The number of rotatable bonds is 2. The summed E-state index contributed by atoms with van der Waals surface area (Å²) in [5.41, 5.74) is -0.178. The molecule has 0 atom stereocenters. The predicted molar refractivity (Wildman–Crippen MR) is 44.9 cm³/mol. The zero-order valence-corrected chi connectivity index (χ0v) is 11.2. The van der Waals surface area contributed by atoms with Crippen molar-refractivity contribution in [3.8, 4) is 5.75 Å². The van der Waals surface area contributed by atoms with Gasteiger partial charge in [-0.05, 0) is 6.07 Å². The van der Waals surface area contributed by atoms with E-state index in [4.69, 9.17) is 20.1 Å². The molecule has 0 fully saturated rings. The molecule has 1 aromatic rings. The van der Waals surface area contributed by atoms with Gasteiger partial charge in [-0.3, -0.25) is 0 Å². The number of aliphatic hydroxyl groups is 1. The molecule has 0 bridgehead atoms. The standard InChI is InChI=1S/C7H6O3.C2H4O3.Zn/c8-6-4-2-1-3-5(6)7(9)10;3-1-2(4)5;/h1-4,8H,(H,9,10);3H,1H2,(H,4,5);/q;;+2/p-2. The first-order valence-electron chi connectivity index (χ1n) is 3.79. The number of aromatic carboxylic acids is 1. The molecule has 0 unspecified atom stereocenters. The molecular formula is C9H8O6Zn. The first kappa shape index (κ1) is 17.0. The Kier molecular flexibility index (Phi) is 9.35. The van der Waals surface area contributed by atoms with Gasteiger partial charge in [0.05, 0.1) is 18.1 Å². The van der Waals surface area contributed by atoms with E-state index < -0.39 is 24.3 Å². The molecule has 0 aromatic heterocycles. The van der Waals surface area contributed by atoms with E-state index in [0.29, 0.717) is 0 Å². The molecule has 0 amide bonds. The van der Waals surface area contributed by atoms with E-state index in [1.54, 1.807) is 0 Å². The van der Waals surface area contributed by atoms with Crippen molar-refractivity contribution in [3.63, 3.8) is 0 Å². The van der Waals surface area contributed by atoms with E-state index in [-0.39, 0.29) is 25.0 Å². The summed E-state index contributed by atoms with van der Waals surface area (Å²) in [7, 11) is 0. The van der Waals surface area contributed by atoms with Crippen molar-refractivity contribution in [2.45, 2.75) is 0 Å². The van der Waals surface area contributed by atoms with Crippen LogP contribution in [0.4, 0.5) is 0 Å². The van der Waals surface area contributed by atoms with Crippen LogP contribution in [0.15, 0.2) is 24.3 Å². The molecule has 7 heteroatoms. The van der Waals surface area contributed by atoms with Crippen molar-refractivity contribution in [3.05, 3.63) is 29.8 Å². The van der Waals surface area contributed by atoms with Crippen molar-refractivity contribution in [1.29, 1.82) is 0 Å². The molecule has 0 aliphatic carbocycles. The Morgan fingerprint density at radius 3 is 1.94 bits per heavy atom. The Morgan fingerprint density at radius 2 is 1.69 bits per heavy atom. The molecule has 0 heterocycles. The number of hydrogen-bond donors (Lipinski definition) is 2. The number of aliphatic carboxylic acids is 1. The fraction of sp³-hybridized carbons (Fsp3) is 0.111. The Labute approximate surface area is 104 Å². The van der Waals surface area contributed by atoms with Gasteiger partial charge >= 0.3 is 25.4 Å². The number of benzene rings is 1. The van der Waals surface area contributed by atoms with Gasteiger partial charge in [-0.1, -0.05) is 23.9 Å². The first-order chi connectivity index (χ1) is 6.99. The van der Waals surface area contributed by atoms with Crippen LogP contribution >= 0.6 is 0 Å². The van der Waals surface area contributed by atoms with Gasteiger partial charge in [-0.2, -0.15) is 0 Å². The van der Waals surface area contributed by atoms with Gasteiger partial charge in [0.2, 0.25) is 0 Å². The van der Waals surface area contributed by atoms with E-state index in [1.165, 1.54) is 24.3 Å². The second kappa shape index (κ2) is 8.82. The number of carbonyl (C=O) groups is 2. The third kappa shape index (κ3) is 6.92. The van der Waals surface area contributed by atoms with Crippen LogP contribution in [0, 0.1) is 0 Å². The minimum Gasteiger partial charge on any atom is -0.872 e. The van der Waals surface area contributed by atoms with Crippen LogP contribution in [0.25, 0.3) is 0 Å². The SMILES string of the molecule is O=C(O)c1ccccc1[O-].O=C([O-])CO.[Zn+2]. The predicted octanol–water partition coefficient (Wildman–Crippen LogP) is -1.82. The average molecular weight is 278 g/mol. The smallest absolute Gasteiger partial charge is 0.872 e. The summed E-state index contributed by atoms with van der Waals surface area (Å²) >= 11 is 0. The number of carbonyl (C=O) groups excluding carboxylic acids is 1. The van der Waals surface area contributed by atoms with Crippen LogP contribution in [0.5, 0.6) is 5.75 Å². The average Bonchev–Trinajstić information content (AvgIpc) is 2.19. The minimum atomic E-state index is -1.44. The van der Waals surface area contributed by atoms with Gasteiger partial charge < -0.3 is 25.2 Å². The summed E-state index contributed by atoms with van der Waals surface area (Å²) in [5, 5.41) is 35.5. The Hall–Kier alpha value is -1.46. The third-order valence-corrected chi connectivity index (χ3v) is 1.25. The molecule has 0 aliphatic rings. The fourth-order valence-electron chi connectivity index (χ4n) is 0.643. The second-order valence-corrected chi connectivity index (χ2v) is 2.33. The summed E-state index contributed by atoms with van der Waals surface area (Å²) in [4.78, 5) is 19.2. The van der Waals surface area contributed by atoms with E-state index in [0.717, 1.165) is 0 Å². The third-order valence-electron chi connectivity index (χ3n) is 1.25. The number of carboxylic acids is 2. The second-order valence-electron chi connectivity index (χ2n) is 2.33.